The molecule has 0 saturated heterocycles. The summed E-state index contributed by atoms with van der Waals surface area (Å²) < 4.78 is 16.3. The van der Waals surface area contributed by atoms with Crippen LogP contribution >= 0.6 is 0 Å². The largest absolute Gasteiger partial charge is 0.497 e. The highest BCUT2D eigenvalue weighted by Gasteiger charge is 2.38. The highest BCUT2D eigenvalue weighted by atomic mass is 16.5. The lowest BCUT2D eigenvalue weighted by atomic mass is 9.97. The van der Waals surface area contributed by atoms with Crippen LogP contribution in [0.2, 0.25) is 0 Å². The van der Waals surface area contributed by atoms with E-state index in [0.29, 0.717) is 12.2 Å². The van der Waals surface area contributed by atoms with Crippen LogP contribution in [0.1, 0.15) is 49.8 Å². The lowest BCUT2D eigenvalue weighted by Crippen LogP contribution is -2.57. The van der Waals surface area contributed by atoms with Gasteiger partial charge in [-0.1, -0.05) is 93.6 Å². The van der Waals surface area contributed by atoms with Crippen molar-refractivity contribution in [2.45, 2.75) is 57.7 Å². The van der Waals surface area contributed by atoms with Gasteiger partial charge in [0, 0.05) is 26.4 Å². The number of alkyl carbamates (subject to hydrolysis) is 1. The minimum Gasteiger partial charge on any atom is -0.497 e. The molecule has 3 amide bonds. The van der Waals surface area contributed by atoms with Crippen LogP contribution in [0.3, 0.4) is 0 Å². The van der Waals surface area contributed by atoms with E-state index in [0.717, 1.165) is 27.8 Å². The quantitative estimate of drug-likeness (QED) is 0.166. The van der Waals surface area contributed by atoms with Gasteiger partial charge in [0.05, 0.1) is 7.11 Å². The molecular formula is C39H47N3O7. The van der Waals surface area contributed by atoms with Crippen molar-refractivity contribution >= 4 is 23.9 Å². The highest BCUT2D eigenvalue weighted by molar-refractivity contribution is 5.93. The van der Waals surface area contributed by atoms with E-state index >= 15 is 0 Å². The zero-order chi connectivity index (χ0) is 35.7. The maximum Gasteiger partial charge on any atom is 0.407 e. The third-order valence-corrected chi connectivity index (χ3v) is 9.35. The Morgan fingerprint density at radius 3 is 2.00 bits per heavy atom. The third kappa shape index (κ3) is 8.49. The molecule has 4 atom stereocenters. The first-order valence-corrected chi connectivity index (χ1v) is 16.6. The summed E-state index contributed by atoms with van der Waals surface area (Å²) in [7, 11) is 4.61. The van der Waals surface area contributed by atoms with E-state index in [1.54, 1.807) is 26.2 Å². The summed E-state index contributed by atoms with van der Waals surface area (Å²) in [4.78, 5) is 56.7. The molecule has 0 aromatic heterocycles. The van der Waals surface area contributed by atoms with Gasteiger partial charge in [0.2, 0.25) is 11.8 Å². The normalized spacial score (nSPS) is 14.2. The molecule has 0 aliphatic heterocycles. The lowest BCUT2D eigenvalue weighted by Gasteiger charge is -2.35. The average molecular weight is 670 g/mol. The van der Waals surface area contributed by atoms with Gasteiger partial charge in [0.1, 0.15) is 37.1 Å². The predicted octanol–water partition coefficient (Wildman–Crippen LogP) is 5.59. The number of amides is 3. The number of esters is 1. The lowest BCUT2D eigenvalue weighted by molar-refractivity contribution is -0.158. The second kappa shape index (κ2) is 16.8. The molecule has 0 heterocycles. The fourth-order valence-corrected chi connectivity index (χ4v) is 6.24. The first-order valence-electron chi connectivity index (χ1n) is 16.6. The second-order valence-electron chi connectivity index (χ2n) is 12.4. The van der Waals surface area contributed by atoms with E-state index in [2.05, 4.69) is 24.0 Å². The van der Waals surface area contributed by atoms with Crippen LogP contribution in [0, 0.1) is 5.92 Å². The number of carbonyl (C=O) groups is 4. The Morgan fingerprint density at radius 1 is 0.857 bits per heavy atom. The zero-order valence-corrected chi connectivity index (χ0v) is 29.2. The Bertz CT molecular complexity index is 1590. The number of rotatable bonds is 15. The minimum atomic E-state index is -1.06. The molecule has 10 heteroatoms. The maximum absolute atomic E-state index is 14.1. The van der Waals surface area contributed by atoms with Crippen LogP contribution in [0.25, 0.3) is 11.1 Å². The SMILES string of the molecule is C=CCOC(=O)C(C(C)CC)N(C)C(=O)C(C)N(C)C(=O)C(Cc1ccc(OC)cc1)NC(=O)OCC1c2ccccc2-c2ccccc21. The summed E-state index contributed by atoms with van der Waals surface area (Å²) >= 11 is 0. The van der Waals surface area contributed by atoms with Crippen LogP contribution < -0.4 is 10.1 Å². The first kappa shape index (κ1) is 36.7. The summed E-state index contributed by atoms with van der Waals surface area (Å²) in [5, 5.41) is 2.77. The minimum absolute atomic E-state index is 0.0241. The number of likely N-dealkylation sites (N-methyl/N-ethyl adjacent to an activating group) is 2. The monoisotopic (exact) mass is 669 g/mol. The summed E-state index contributed by atoms with van der Waals surface area (Å²) in [6, 6.07) is 20.4. The van der Waals surface area contributed by atoms with Crippen LogP contribution in [0.15, 0.2) is 85.5 Å². The fraction of sp³-hybridized carbons (Fsp3) is 0.385. The number of benzene rings is 3. The first-order chi connectivity index (χ1) is 23.5. The van der Waals surface area contributed by atoms with Crippen molar-refractivity contribution in [1.29, 1.82) is 0 Å². The Labute approximate surface area is 289 Å². The summed E-state index contributed by atoms with van der Waals surface area (Å²) in [6.45, 7) is 9.08. The van der Waals surface area contributed by atoms with Gasteiger partial charge in [-0.15, -0.1) is 0 Å². The van der Waals surface area contributed by atoms with Gasteiger partial charge in [-0.25, -0.2) is 9.59 Å². The molecule has 1 aliphatic rings. The molecule has 1 aliphatic carbocycles. The van der Waals surface area contributed by atoms with Gasteiger partial charge in [-0.3, -0.25) is 9.59 Å². The predicted molar refractivity (Wildman–Crippen MR) is 188 cm³/mol. The summed E-state index contributed by atoms with van der Waals surface area (Å²) in [5.41, 5.74) is 5.12. The number of methoxy groups -OCH3 is 1. The number of nitrogens with one attached hydrogen (secondary N) is 1. The highest BCUT2D eigenvalue weighted by Crippen LogP contribution is 2.44. The molecule has 0 bridgehead atoms. The van der Waals surface area contributed by atoms with Crippen molar-refractivity contribution in [2.24, 2.45) is 5.92 Å². The molecule has 0 fully saturated rings. The maximum atomic E-state index is 14.1. The third-order valence-electron chi connectivity index (χ3n) is 9.35. The number of nitrogens with zero attached hydrogens (tertiary/aromatic N) is 2. The number of carbonyl (C=O) groups excluding carboxylic acids is 4. The molecule has 260 valence electrons. The van der Waals surface area contributed by atoms with Crippen molar-refractivity contribution in [3.8, 4) is 16.9 Å². The van der Waals surface area contributed by atoms with E-state index in [1.807, 2.05) is 62.4 Å². The van der Waals surface area contributed by atoms with Gasteiger partial charge in [0.15, 0.2) is 0 Å². The number of fused-ring (bicyclic) bond motifs is 3. The molecule has 0 spiro atoms. The second-order valence-corrected chi connectivity index (χ2v) is 12.4. The smallest absolute Gasteiger partial charge is 0.407 e. The molecular weight excluding hydrogens is 622 g/mol. The van der Waals surface area contributed by atoms with E-state index in [1.165, 1.54) is 30.0 Å². The Hall–Kier alpha value is -5.12. The summed E-state index contributed by atoms with van der Waals surface area (Å²) in [5.74, 6) is -1.17. The average Bonchev–Trinajstić information content (AvgIpc) is 3.45. The summed E-state index contributed by atoms with van der Waals surface area (Å²) in [6.07, 6.45) is 1.48. The molecule has 4 rings (SSSR count). The fourth-order valence-electron chi connectivity index (χ4n) is 6.24. The molecule has 4 unspecified atom stereocenters. The molecule has 3 aromatic rings. The van der Waals surface area contributed by atoms with E-state index < -0.39 is 42.0 Å². The number of hydrogen-bond donors (Lipinski definition) is 1. The van der Waals surface area contributed by atoms with Gasteiger partial charge >= 0.3 is 12.1 Å². The van der Waals surface area contributed by atoms with Gasteiger partial charge < -0.3 is 29.3 Å². The van der Waals surface area contributed by atoms with Gasteiger partial charge in [-0.2, -0.15) is 0 Å². The van der Waals surface area contributed by atoms with Crippen LogP contribution in [0.4, 0.5) is 4.79 Å². The molecule has 49 heavy (non-hydrogen) atoms. The Kier molecular flexibility index (Phi) is 12.6. The molecule has 3 aromatic carbocycles. The molecule has 0 radical (unpaired) electrons. The zero-order valence-electron chi connectivity index (χ0n) is 29.2. The molecule has 1 N–H and O–H groups in total. The van der Waals surface area contributed by atoms with E-state index in [9.17, 15) is 19.2 Å². The molecule has 10 nitrogen and oxygen atoms in total. The van der Waals surface area contributed by atoms with Crippen molar-refractivity contribution in [3.63, 3.8) is 0 Å². The van der Waals surface area contributed by atoms with Gasteiger partial charge in [-0.05, 0) is 52.8 Å². The Balaban J connectivity index is 1.51. The van der Waals surface area contributed by atoms with E-state index in [4.69, 9.17) is 14.2 Å². The van der Waals surface area contributed by atoms with Crippen molar-refractivity contribution in [2.75, 3.05) is 34.4 Å². The van der Waals surface area contributed by atoms with Crippen molar-refractivity contribution in [1.82, 2.24) is 15.1 Å². The standard InChI is InChI=1S/C39H47N3O7/c1-8-22-48-38(45)35(25(3)9-2)42(6)36(43)26(4)41(5)37(44)34(23-27-18-20-28(47-7)21-19-27)40-39(46)49-24-33-31-16-12-10-14-29(31)30-15-11-13-17-32(30)33/h8,10-21,25-26,33-35H,1,9,22-24H2,2-7H3,(H,40,46). The van der Waals surface area contributed by atoms with Crippen LogP contribution in [-0.4, -0.2) is 86.2 Å². The van der Waals surface area contributed by atoms with E-state index in [-0.39, 0.29) is 31.5 Å². The topological polar surface area (TPSA) is 114 Å². The van der Waals surface area contributed by atoms with Gasteiger partial charge in [0.25, 0.3) is 0 Å². The van der Waals surface area contributed by atoms with Crippen molar-refractivity contribution < 1.29 is 33.4 Å². The van der Waals surface area contributed by atoms with Crippen LogP contribution in [0.5, 0.6) is 5.75 Å². The number of ether oxygens (including phenoxy) is 3. The molecule has 0 saturated carbocycles. The number of hydrogen-bond acceptors (Lipinski definition) is 7. The van der Waals surface area contributed by atoms with Crippen molar-refractivity contribution in [3.05, 3.63) is 102 Å². The Morgan fingerprint density at radius 2 is 1.45 bits per heavy atom. The van der Waals surface area contributed by atoms with Crippen LogP contribution in [-0.2, 0) is 30.3 Å².